The van der Waals surface area contributed by atoms with Crippen LogP contribution in [0.1, 0.15) is 5.56 Å². The Balaban J connectivity index is 0.000000149. The molecule has 20 heavy (non-hydrogen) atoms. The van der Waals surface area contributed by atoms with Crippen molar-refractivity contribution >= 4 is 21.4 Å². The predicted octanol–water partition coefficient (Wildman–Crippen LogP) is 1.57. The molecule has 5 N–H and O–H groups in total. The fourth-order valence-corrected chi connectivity index (χ4v) is 2.42. The topological polar surface area (TPSA) is 98.2 Å². The quantitative estimate of drug-likeness (QED) is 0.695. The van der Waals surface area contributed by atoms with Crippen molar-refractivity contribution in [3.05, 3.63) is 54.1 Å². The first-order chi connectivity index (χ1) is 9.47. The summed E-state index contributed by atoms with van der Waals surface area (Å²) in [5.74, 6) is 0. The van der Waals surface area contributed by atoms with Crippen molar-refractivity contribution in [3.8, 4) is 0 Å². The fourth-order valence-electron chi connectivity index (χ4n) is 1.90. The van der Waals surface area contributed by atoms with E-state index < -0.39 is 10.0 Å². The molecule has 1 heterocycles. The van der Waals surface area contributed by atoms with E-state index in [4.69, 9.17) is 10.9 Å². The molecule has 6 heteroatoms. The standard InChI is InChI=1S/C8H9N.C6H8N2O2S/c1-2-4-8-7(3-1)5-6-9-8;7-5-1-3-6(4-2-5)11(8,9)10/h1-4,9H,5-6H2;1-4H,7H2,(H2,8,9,10). The highest BCUT2D eigenvalue weighted by molar-refractivity contribution is 7.89. The minimum Gasteiger partial charge on any atom is -0.399 e. The second-order valence-corrected chi connectivity index (χ2v) is 6.01. The van der Waals surface area contributed by atoms with Crippen LogP contribution in [-0.4, -0.2) is 15.0 Å². The first-order valence-electron chi connectivity index (χ1n) is 6.17. The highest BCUT2D eigenvalue weighted by Crippen LogP contribution is 2.19. The number of anilines is 2. The van der Waals surface area contributed by atoms with Crippen LogP contribution < -0.4 is 16.2 Å². The van der Waals surface area contributed by atoms with Gasteiger partial charge in [-0.15, -0.1) is 0 Å². The molecule has 0 unspecified atom stereocenters. The molecule has 0 radical (unpaired) electrons. The zero-order valence-corrected chi connectivity index (χ0v) is 11.7. The maximum Gasteiger partial charge on any atom is 0.238 e. The van der Waals surface area contributed by atoms with Crippen molar-refractivity contribution in [2.45, 2.75) is 11.3 Å². The Kier molecular flexibility index (Phi) is 4.26. The van der Waals surface area contributed by atoms with Crippen molar-refractivity contribution < 1.29 is 8.42 Å². The molecular formula is C14H17N3O2S. The van der Waals surface area contributed by atoms with Gasteiger partial charge in [0, 0.05) is 17.9 Å². The number of nitrogens with two attached hydrogens (primary N) is 2. The number of primary sulfonamides is 1. The third kappa shape index (κ3) is 3.72. The highest BCUT2D eigenvalue weighted by atomic mass is 32.2. The van der Waals surface area contributed by atoms with Gasteiger partial charge in [0.05, 0.1) is 4.90 Å². The van der Waals surface area contributed by atoms with Gasteiger partial charge in [0.2, 0.25) is 10.0 Å². The molecule has 0 aromatic heterocycles. The summed E-state index contributed by atoms with van der Waals surface area (Å²) in [4.78, 5) is 0.0756. The number of nitrogens with one attached hydrogen (secondary N) is 1. The molecule has 0 aliphatic carbocycles. The lowest BCUT2D eigenvalue weighted by molar-refractivity contribution is 0.598. The van der Waals surface area contributed by atoms with Crippen molar-refractivity contribution in [3.63, 3.8) is 0 Å². The molecular weight excluding hydrogens is 274 g/mol. The Labute approximate surface area is 118 Å². The summed E-state index contributed by atoms with van der Waals surface area (Å²) in [7, 11) is -3.58. The van der Waals surface area contributed by atoms with Gasteiger partial charge in [0.1, 0.15) is 0 Å². The summed E-state index contributed by atoms with van der Waals surface area (Å²) < 4.78 is 21.4. The number of benzene rings is 2. The Morgan fingerprint density at radius 2 is 1.65 bits per heavy atom. The van der Waals surface area contributed by atoms with Crippen molar-refractivity contribution in [1.29, 1.82) is 0 Å². The van der Waals surface area contributed by atoms with Crippen LogP contribution in [0.5, 0.6) is 0 Å². The molecule has 0 amide bonds. The molecule has 5 nitrogen and oxygen atoms in total. The molecule has 0 saturated heterocycles. The molecule has 0 bridgehead atoms. The highest BCUT2D eigenvalue weighted by Gasteiger charge is 2.06. The minimum absolute atomic E-state index is 0.0756. The summed E-state index contributed by atoms with van der Waals surface area (Å²) in [5.41, 5.74) is 8.62. The number of sulfonamides is 1. The SMILES string of the molecule is Nc1ccc(S(N)(=O)=O)cc1.c1ccc2c(c1)CCN2. The molecule has 1 aliphatic heterocycles. The van der Waals surface area contributed by atoms with Crippen LogP contribution in [0, 0.1) is 0 Å². The van der Waals surface area contributed by atoms with Crippen LogP contribution in [0.2, 0.25) is 0 Å². The molecule has 106 valence electrons. The Hall–Kier alpha value is -2.05. The molecule has 0 fully saturated rings. The average molecular weight is 291 g/mol. The smallest absolute Gasteiger partial charge is 0.238 e. The van der Waals surface area contributed by atoms with Gasteiger partial charge >= 0.3 is 0 Å². The third-order valence-corrected chi connectivity index (χ3v) is 3.87. The largest absolute Gasteiger partial charge is 0.399 e. The lowest BCUT2D eigenvalue weighted by atomic mass is 10.2. The number of hydrogen-bond donors (Lipinski definition) is 3. The van der Waals surface area contributed by atoms with Gasteiger partial charge in [-0.1, -0.05) is 18.2 Å². The van der Waals surface area contributed by atoms with Gasteiger partial charge in [-0.25, -0.2) is 13.6 Å². The van der Waals surface area contributed by atoms with E-state index >= 15 is 0 Å². The summed E-state index contributed by atoms with van der Waals surface area (Å²) in [6, 6.07) is 14.2. The molecule has 0 atom stereocenters. The number of hydrogen-bond acceptors (Lipinski definition) is 4. The Bertz CT molecular complexity index is 659. The Morgan fingerprint density at radius 1 is 1.00 bits per heavy atom. The molecule has 2 aromatic carbocycles. The maximum atomic E-state index is 10.7. The molecule has 3 rings (SSSR count). The zero-order valence-electron chi connectivity index (χ0n) is 10.9. The van der Waals surface area contributed by atoms with E-state index in [9.17, 15) is 8.42 Å². The summed E-state index contributed by atoms with van der Waals surface area (Å²) >= 11 is 0. The summed E-state index contributed by atoms with van der Waals surface area (Å²) in [5, 5.41) is 8.14. The van der Waals surface area contributed by atoms with E-state index in [0.717, 1.165) is 6.54 Å². The normalized spacial score (nSPS) is 12.8. The van der Waals surface area contributed by atoms with Crippen molar-refractivity contribution in [2.24, 2.45) is 5.14 Å². The van der Waals surface area contributed by atoms with E-state index in [0.29, 0.717) is 5.69 Å². The lowest BCUT2D eigenvalue weighted by Crippen LogP contribution is -2.11. The van der Waals surface area contributed by atoms with E-state index in [2.05, 4.69) is 29.6 Å². The van der Waals surface area contributed by atoms with E-state index in [1.165, 1.54) is 41.9 Å². The van der Waals surface area contributed by atoms with E-state index in [1.54, 1.807) is 0 Å². The first-order valence-corrected chi connectivity index (χ1v) is 7.71. The van der Waals surface area contributed by atoms with Crippen molar-refractivity contribution in [2.75, 3.05) is 17.6 Å². The van der Waals surface area contributed by atoms with Crippen LogP contribution in [0.15, 0.2) is 53.4 Å². The number of fused-ring (bicyclic) bond motifs is 1. The van der Waals surface area contributed by atoms with Crippen LogP contribution in [-0.2, 0) is 16.4 Å². The van der Waals surface area contributed by atoms with Gasteiger partial charge in [-0.05, 0) is 42.3 Å². The second-order valence-electron chi connectivity index (χ2n) is 4.45. The molecule has 0 saturated carbocycles. The fraction of sp³-hybridized carbons (Fsp3) is 0.143. The van der Waals surface area contributed by atoms with E-state index in [-0.39, 0.29) is 4.90 Å². The van der Waals surface area contributed by atoms with Crippen molar-refractivity contribution in [1.82, 2.24) is 0 Å². The van der Waals surface area contributed by atoms with Gasteiger partial charge in [-0.3, -0.25) is 0 Å². The minimum atomic E-state index is -3.58. The molecule has 0 spiro atoms. The molecule has 1 aliphatic rings. The Morgan fingerprint density at radius 3 is 2.25 bits per heavy atom. The van der Waals surface area contributed by atoms with Crippen LogP contribution in [0.4, 0.5) is 11.4 Å². The zero-order chi connectivity index (χ0) is 14.6. The lowest BCUT2D eigenvalue weighted by Gasteiger charge is -1.96. The second kappa shape index (κ2) is 5.94. The van der Waals surface area contributed by atoms with Crippen LogP contribution in [0.25, 0.3) is 0 Å². The van der Waals surface area contributed by atoms with Gasteiger partial charge in [0.15, 0.2) is 0 Å². The predicted molar refractivity (Wildman–Crippen MR) is 80.9 cm³/mol. The maximum absolute atomic E-state index is 10.7. The van der Waals surface area contributed by atoms with E-state index in [1.807, 2.05) is 0 Å². The first kappa shape index (κ1) is 14.4. The van der Waals surface area contributed by atoms with Gasteiger partial charge in [0.25, 0.3) is 0 Å². The van der Waals surface area contributed by atoms with Crippen LogP contribution >= 0.6 is 0 Å². The summed E-state index contributed by atoms with van der Waals surface area (Å²) in [6.45, 7) is 1.11. The number of rotatable bonds is 1. The van der Waals surface area contributed by atoms with Crippen LogP contribution in [0.3, 0.4) is 0 Å². The number of para-hydroxylation sites is 1. The summed E-state index contributed by atoms with van der Waals surface area (Å²) in [6.07, 6.45) is 1.19. The van der Waals surface area contributed by atoms with Gasteiger partial charge < -0.3 is 11.1 Å². The monoisotopic (exact) mass is 291 g/mol. The molecule has 2 aromatic rings. The number of nitrogen functional groups attached to an aromatic ring is 1. The van der Waals surface area contributed by atoms with Gasteiger partial charge in [-0.2, -0.15) is 0 Å². The third-order valence-electron chi connectivity index (χ3n) is 2.94. The average Bonchev–Trinajstić information content (AvgIpc) is 2.87.